The van der Waals surface area contributed by atoms with Crippen LogP contribution in [0.4, 0.5) is 5.82 Å². The van der Waals surface area contributed by atoms with Crippen molar-refractivity contribution in [2.24, 2.45) is 0 Å². The first-order valence-electron chi connectivity index (χ1n) is 9.48. The predicted molar refractivity (Wildman–Crippen MR) is 111 cm³/mol. The third-order valence-electron chi connectivity index (χ3n) is 5.13. The molecule has 1 aliphatic heterocycles. The lowest BCUT2D eigenvalue weighted by Crippen LogP contribution is -2.28. The van der Waals surface area contributed by atoms with Crippen molar-refractivity contribution < 1.29 is 9.59 Å². The van der Waals surface area contributed by atoms with Crippen LogP contribution in [0.3, 0.4) is 0 Å². The fraction of sp³-hybridized carbons (Fsp3) is 0.227. The Morgan fingerprint density at radius 2 is 2.04 bits per heavy atom. The van der Waals surface area contributed by atoms with Gasteiger partial charge in [0.1, 0.15) is 5.82 Å². The lowest BCUT2D eigenvalue weighted by molar-refractivity contribution is -0.125. The molecule has 3 heterocycles. The van der Waals surface area contributed by atoms with Crippen molar-refractivity contribution in [3.05, 3.63) is 53.7 Å². The summed E-state index contributed by atoms with van der Waals surface area (Å²) in [5.74, 6) is 0.466. The SMILES string of the molecule is CCN(CC)C(=O)/C=C/c1cccc2c3c([nH]c12)-c1cccnc1NC(=O)C3. The van der Waals surface area contributed by atoms with Crippen molar-refractivity contribution in [3.63, 3.8) is 0 Å². The number of carbonyl (C=O) groups is 2. The minimum Gasteiger partial charge on any atom is -0.354 e. The monoisotopic (exact) mass is 374 g/mol. The zero-order valence-corrected chi connectivity index (χ0v) is 16.0. The number of benzene rings is 1. The van der Waals surface area contributed by atoms with Crippen LogP contribution in [0.25, 0.3) is 28.2 Å². The van der Waals surface area contributed by atoms with Crippen molar-refractivity contribution >= 4 is 34.6 Å². The number of aromatic amines is 1. The number of amides is 2. The molecular formula is C22H22N4O2. The fourth-order valence-corrected chi connectivity index (χ4v) is 3.69. The average Bonchev–Trinajstić information content (AvgIpc) is 2.99. The van der Waals surface area contributed by atoms with E-state index >= 15 is 0 Å². The van der Waals surface area contributed by atoms with E-state index in [0.717, 1.165) is 33.3 Å². The minimum absolute atomic E-state index is 0.0101. The topological polar surface area (TPSA) is 78.1 Å². The standard InChI is InChI=1S/C22H22N4O2/c1-3-26(4-2)19(28)11-10-14-7-5-8-15-17-13-18(27)24-22-16(9-6-12-23-22)21(17)25-20(14)15/h5-12,25H,3-4,13H2,1-2H3,(H,23,24,27)/b11-10+. The molecule has 0 fully saturated rings. The van der Waals surface area contributed by atoms with Gasteiger partial charge in [-0.25, -0.2) is 4.98 Å². The number of carbonyl (C=O) groups excluding carboxylic acids is 2. The van der Waals surface area contributed by atoms with Crippen molar-refractivity contribution in [3.8, 4) is 11.3 Å². The quantitative estimate of drug-likeness (QED) is 0.685. The number of nitrogens with one attached hydrogen (secondary N) is 2. The highest BCUT2D eigenvalue weighted by Crippen LogP contribution is 2.37. The first-order valence-corrected chi connectivity index (χ1v) is 9.48. The van der Waals surface area contributed by atoms with Gasteiger partial charge in [-0.1, -0.05) is 18.2 Å². The number of H-pyrrole nitrogens is 1. The number of hydrogen-bond donors (Lipinski definition) is 2. The second-order valence-electron chi connectivity index (χ2n) is 6.72. The second kappa shape index (κ2) is 7.31. The van der Waals surface area contributed by atoms with Crippen molar-refractivity contribution in [2.45, 2.75) is 20.3 Å². The summed E-state index contributed by atoms with van der Waals surface area (Å²) >= 11 is 0. The fourth-order valence-electron chi connectivity index (χ4n) is 3.69. The molecule has 0 aliphatic carbocycles. The average molecular weight is 374 g/mol. The van der Waals surface area contributed by atoms with Gasteiger partial charge in [0.05, 0.1) is 17.6 Å². The number of pyridine rings is 1. The minimum atomic E-state index is -0.0859. The van der Waals surface area contributed by atoms with E-state index in [9.17, 15) is 9.59 Å². The van der Waals surface area contributed by atoms with E-state index in [-0.39, 0.29) is 18.2 Å². The van der Waals surface area contributed by atoms with Crippen LogP contribution in [-0.2, 0) is 16.0 Å². The maximum atomic E-state index is 12.4. The number of likely N-dealkylation sites (N-methyl/N-ethyl adjacent to an activating group) is 1. The molecule has 1 aromatic carbocycles. The summed E-state index contributed by atoms with van der Waals surface area (Å²) in [6.07, 6.45) is 5.38. The molecule has 0 spiro atoms. The van der Waals surface area contributed by atoms with Crippen LogP contribution in [0.15, 0.2) is 42.6 Å². The number of fused-ring (bicyclic) bond motifs is 5. The zero-order valence-electron chi connectivity index (χ0n) is 16.0. The maximum absolute atomic E-state index is 12.4. The highest BCUT2D eigenvalue weighted by molar-refractivity contribution is 6.06. The lowest BCUT2D eigenvalue weighted by atomic mass is 10.0. The van der Waals surface area contributed by atoms with Gasteiger partial charge < -0.3 is 15.2 Å². The van der Waals surface area contributed by atoms with E-state index in [2.05, 4.69) is 15.3 Å². The van der Waals surface area contributed by atoms with E-state index < -0.39 is 0 Å². The summed E-state index contributed by atoms with van der Waals surface area (Å²) in [5, 5.41) is 3.85. The number of rotatable bonds is 4. The number of para-hydroxylation sites is 1. The van der Waals surface area contributed by atoms with E-state index in [1.54, 1.807) is 17.2 Å². The highest BCUT2D eigenvalue weighted by Gasteiger charge is 2.23. The van der Waals surface area contributed by atoms with Crippen molar-refractivity contribution in [1.82, 2.24) is 14.9 Å². The van der Waals surface area contributed by atoms with E-state index in [4.69, 9.17) is 0 Å². The summed E-state index contributed by atoms with van der Waals surface area (Å²) in [7, 11) is 0. The lowest BCUT2D eigenvalue weighted by Gasteiger charge is -2.15. The van der Waals surface area contributed by atoms with Crippen LogP contribution >= 0.6 is 0 Å². The van der Waals surface area contributed by atoms with Crippen LogP contribution in [0.5, 0.6) is 0 Å². The first-order chi connectivity index (χ1) is 13.6. The smallest absolute Gasteiger partial charge is 0.246 e. The molecule has 0 radical (unpaired) electrons. The van der Waals surface area contributed by atoms with Crippen molar-refractivity contribution in [1.29, 1.82) is 0 Å². The Labute approximate surface area is 163 Å². The van der Waals surface area contributed by atoms with Gasteiger partial charge in [-0.15, -0.1) is 0 Å². The van der Waals surface area contributed by atoms with Gasteiger partial charge in [-0.05, 0) is 43.2 Å². The summed E-state index contributed by atoms with van der Waals surface area (Å²) < 4.78 is 0. The molecule has 6 heteroatoms. The zero-order chi connectivity index (χ0) is 19.7. The number of aromatic nitrogens is 2. The molecule has 0 bridgehead atoms. The molecule has 2 aromatic heterocycles. The van der Waals surface area contributed by atoms with Gasteiger partial charge in [0.15, 0.2) is 0 Å². The molecule has 28 heavy (non-hydrogen) atoms. The molecule has 4 rings (SSSR count). The number of nitrogens with zero attached hydrogens (tertiary/aromatic N) is 2. The van der Waals surface area contributed by atoms with Crippen LogP contribution in [0.2, 0.25) is 0 Å². The maximum Gasteiger partial charge on any atom is 0.246 e. The number of anilines is 1. The predicted octanol–water partition coefficient (Wildman–Crippen LogP) is 3.61. The Morgan fingerprint density at radius 1 is 1.21 bits per heavy atom. The van der Waals surface area contributed by atoms with Gasteiger partial charge in [-0.3, -0.25) is 9.59 Å². The summed E-state index contributed by atoms with van der Waals surface area (Å²) in [6, 6.07) is 9.72. The second-order valence-corrected chi connectivity index (χ2v) is 6.72. The molecule has 0 atom stereocenters. The number of hydrogen-bond acceptors (Lipinski definition) is 3. The molecule has 2 N–H and O–H groups in total. The Hall–Kier alpha value is -3.41. The molecule has 2 amide bonds. The Kier molecular flexibility index (Phi) is 4.69. The molecule has 6 nitrogen and oxygen atoms in total. The Morgan fingerprint density at radius 3 is 2.82 bits per heavy atom. The summed E-state index contributed by atoms with van der Waals surface area (Å²) in [5.41, 5.74) is 4.54. The molecular weight excluding hydrogens is 352 g/mol. The van der Waals surface area contributed by atoms with E-state index in [1.165, 1.54) is 0 Å². The van der Waals surface area contributed by atoms with Gasteiger partial charge in [0.2, 0.25) is 11.8 Å². The van der Waals surface area contributed by atoms with Crippen LogP contribution < -0.4 is 5.32 Å². The van der Waals surface area contributed by atoms with Gasteiger partial charge >= 0.3 is 0 Å². The largest absolute Gasteiger partial charge is 0.354 e. The third-order valence-corrected chi connectivity index (χ3v) is 5.13. The van der Waals surface area contributed by atoms with Gasteiger partial charge in [-0.2, -0.15) is 0 Å². The third kappa shape index (κ3) is 3.07. The van der Waals surface area contributed by atoms with Gasteiger partial charge in [0.25, 0.3) is 0 Å². The molecule has 142 valence electrons. The molecule has 3 aromatic rings. The normalized spacial score (nSPS) is 13.1. The highest BCUT2D eigenvalue weighted by atomic mass is 16.2. The van der Waals surface area contributed by atoms with Crippen LogP contribution in [0, 0.1) is 0 Å². The molecule has 0 saturated heterocycles. The Balaban J connectivity index is 1.83. The molecule has 0 saturated carbocycles. The van der Waals surface area contributed by atoms with Crippen LogP contribution in [0.1, 0.15) is 25.0 Å². The molecule has 1 aliphatic rings. The van der Waals surface area contributed by atoms with Crippen molar-refractivity contribution in [2.75, 3.05) is 18.4 Å². The summed E-state index contributed by atoms with van der Waals surface area (Å²) in [4.78, 5) is 34.2. The van der Waals surface area contributed by atoms with E-state index in [1.807, 2.05) is 50.3 Å². The molecule has 0 unspecified atom stereocenters. The summed E-state index contributed by atoms with van der Waals surface area (Å²) in [6.45, 7) is 5.29. The van der Waals surface area contributed by atoms with E-state index in [0.29, 0.717) is 18.9 Å². The van der Waals surface area contributed by atoms with Crippen LogP contribution in [-0.4, -0.2) is 39.8 Å². The first kappa shape index (κ1) is 18.0. The Bertz CT molecular complexity index is 1090. The van der Waals surface area contributed by atoms with Gasteiger partial charge in [0, 0.05) is 36.3 Å².